The number of rotatable bonds is 5. The standard InChI is InChI=1S/C19H25F3N4O4/c1-18(2,3)17(29)25-13(9-23)16(28)24-11-4-5-14(12(8-11)19(20,21)22)26-6-7-30-10-15(26)27/h4-5,8,13H,6-7,9-10,23H2,1-3H3,(H,24,28)(H,25,29)/t13-/m0/s1. The molecular weight excluding hydrogens is 405 g/mol. The van der Waals surface area contributed by atoms with Crippen LogP contribution in [0.1, 0.15) is 26.3 Å². The Morgan fingerprint density at radius 3 is 2.47 bits per heavy atom. The number of hydrogen-bond acceptors (Lipinski definition) is 5. The first-order chi connectivity index (χ1) is 13.8. The SMILES string of the molecule is CC(C)(C)C(=O)N[C@@H](CN)C(=O)Nc1ccc(N2CCOCC2=O)c(C(F)(F)F)c1. The Bertz CT molecular complexity index is 821. The van der Waals surface area contributed by atoms with Gasteiger partial charge in [0.1, 0.15) is 12.6 Å². The molecular formula is C19H25F3N4O4. The number of hydrogen-bond donors (Lipinski definition) is 3. The molecule has 0 aromatic heterocycles. The minimum atomic E-state index is -4.76. The molecule has 0 saturated carbocycles. The summed E-state index contributed by atoms with van der Waals surface area (Å²) in [6.45, 7) is 4.51. The fourth-order valence-electron chi connectivity index (χ4n) is 2.68. The van der Waals surface area contributed by atoms with Gasteiger partial charge in [-0.05, 0) is 18.2 Å². The highest BCUT2D eigenvalue weighted by atomic mass is 19.4. The van der Waals surface area contributed by atoms with Gasteiger partial charge in [-0.15, -0.1) is 0 Å². The number of ether oxygens (including phenoxy) is 1. The summed E-state index contributed by atoms with van der Waals surface area (Å²) in [5.74, 6) is -1.76. The first-order valence-corrected chi connectivity index (χ1v) is 9.26. The van der Waals surface area contributed by atoms with E-state index in [1.54, 1.807) is 20.8 Å². The van der Waals surface area contributed by atoms with Gasteiger partial charge in [-0.2, -0.15) is 13.2 Å². The van der Waals surface area contributed by atoms with Gasteiger partial charge in [-0.25, -0.2) is 0 Å². The number of nitrogens with two attached hydrogens (primary N) is 1. The van der Waals surface area contributed by atoms with Crippen molar-refractivity contribution < 1.29 is 32.3 Å². The summed E-state index contributed by atoms with van der Waals surface area (Å²) >= 11 is 0. The maximum Gasteiger partial charge on any atom is 0.418 e. The molecule has 0 bridgehead atoms. The van der Waals surface area contributed by atoms with Crippen LogP contribution in [-0.2, 0) is 25.3 Å². The molecule has 4 N–H and O–H groups in total. The molecule has 2 rings (SSSR count). The van der Waals surface area contributed by atoms with E-state index in [-0.39, 0.29) is 37.7 Å². The highest BCUT2D eigenvalue weighted by molar-refractivity contribution is 5.99. The number of nitrogens with one attached hydrogen (secondary N) is 2. The van der Waals surface area contributed by atoms with Gasteiger partial charge in [0.15, 0.2) is 0 Å². The molecule has 0 aliphatic carbocycles. The van der Waals surface area contributed by atoms with Crippen LogP contribution in [0.25, 0.3) is 0 Å². The molecule has 0 spiro atoms. The normalized spacial score (nSPS) is 16.2. The minimum absolute atomic E-state index is 0.0122. The fourth-order valence-corrected chi connectivity index (χ4v) is 2.68. The van der Waals surface area contributed by atoms with Crippen LogP contribution < -0.4 is 21.3 Å². The van der Waals surface area contributed by atoms with E-state index >= 15 is 0 Å². The van der Waals surface area contributed by atoms with E-state index in [1.807, 2.05) is 0 Å². The van der Waals surface area contributed by atoms with Crippen molar-refractivity contribution in [1.29, 1.82) is 0 Å². The maximum atomic E-state index is 13.6. The molecule has 30 heavy (non-hydrogen) atoms. The molecule has 1 aliphatic heterocycles. The number of carbonyl (C=O) groups excluding carboxylic acids is 3. The van der Waals surface area contributed by atoms with Gasteiger partial charge >= 0.3 is 6.18 Å². The third-order valence-corrected chi connectivity index (χ3v) is 4.38. The summed E-state index contributed by atoms with van der Waals surface area (Å²) in [7, 11) is 0. The zero-order valence-corrected chi connectivity index (χ0v) is 16.9. The van der Waals surface area contributed by atoms with Crippen molar-refractivity contribution >= 4 is 29.1 Å². The summed E-state index contributed by atoms with van der Waals surface area (Å²) in [6.07, 6.45) is -4.76. The number of nitrogens with zero attached hydrogens (tertiary/aromatic N) is 1. The number of halogens is 3. The molecule has 1 aromatic rings. The van der Waals surface area contributed by atoms with Crippen molar-refractivity contribution in [2.75, 3.05) is 36.5 Å². The van der Waals surface area contributed by atoms with Crippen LogP contribution in [-0.4, -0.2) is 50.1 Å². The molecule has 166 valence electrons. The number of carbonyl (C=O) groups is 3. The van der Waals surface area contributed by atoms with Crippen LogP contribution in [0.3, 0.4) is 0 Å². The average Bonchev–Trinajstić information content (AvgIpc) is 2.64. The lowest BCUT2D eigenvalue weighted by molar-refractivity contribution is -0.137. The van der Waals surface area contributed by atoms with Crippen LogP contribution in [0, 0.1) is 5.41 Å². The lowest BCUT2D eigenvalue weighted by atomic mass is 9.95. The third-order valence-electron chi connectivity index (χ3n) is 4.38. The topological polar surface area (TPSA) is 114 Å². The monoisotopic (exact) mass is 430 g/mol. The van der Waals surface area contributed by atoms with E-state index in [0.29, 0.717) is 0 Å². The summed E-state index contributed by atoms with van der Waals surface area (Å²) in [5, 5.41) is 4.82. The van der Waals surface area contributed by atoms with Crippen molar-refractivity contribution in [2.24, 2.45) is 11.1 Å². The van der Waals surface area contributed by atoms with Crippen molar-refractivity contribution in [3.8, 4) is 0 Å². The minimum Gasteiger partial charge on any atom is -0.370 e. The summed E-state index contributed by atoms with van der Waals surface area (Å²) in [5.41, 5.74) is 3.25. The fraction of sp³-hybridized carbons (Fsp3) is 0.526. The molecule has 1 aromatic carbocycles. The quantitative estimate of drug-likeness (QED) is 0.655. The van der Waals surface area contributed by atoms with E-state index in [2.05, 4.69) is 10.6 Å². The van der Waals surface area contributed by atoms with Gasteiger partial charge in [0.25, 0.3) is 5.91 Å². The van der Waals surface area contributed by atoms with Gasteiger partial charge in [0.2, 0.25) is 11.8 Å². The average molecular weight is 430 g/mol. The van der Waals surface area contributed by atoms with E-state index in [4.69, 9.17) is 10.5 Å². The van der Waals surface area contributed by atoms with Crippen molar-refractivity contribution in [3.05, 3.63) is 23.8 Å². The Morgan fingerprint density at radius 1 is 1.27 bits per heavy atom. The Hall–Kier alpha value is -2.66. The van der Waals surface area contributed by atoms with Gasteiger partial charge in [-0.3, -0.25) is 14.4 Å². The number of morpholine rings is 1. The number of benzene rings is 1. The van der Waals surface area contributed by atoms with Gasteiger partial charge in [-0.1, -0.05) is 20.8 Å². The zero-order valence-electron chi connectivity index (χ0n) is 16.9. The molecule has 0 unspecified atom stereocenters. The predicted octanol–water partition coefficient (Wildman–Crippen LogP) is 1.50. The van der Waals surface area contributed by atoms with Crippen LogP contribution in [0.15, 0.2) is 18.2 Å². The van der Waals surface area contributed by atoms with Crippen LogP contribution in [0.4, 0.5) is 24.5 Å². The van der Waals surface area contributed by atoms with E-state index in [1.165, 1.54) is 6.07 Å². The molecule has 11 heteroatoms. The van der Waals surface area contributed by atoms with Gasteiger partial charge in [0, 0.05) is 24.2 Å². The van der Waals surface area contributed by atoms with E-state index < -0.39 is 40.9 Å². The van der Waals surface area contributed by atoms with Gasteiger partial charge in [0.05, 0.1) is 17.9 Å². The Morgan fingerprint density at radius 2 is 1.93 bits per heavy atom. The van der Waals surface area contributed by atoms with Crippen molar-refractivity contribution in [3.63, 3.8) is 0 Å². The lowest BCUT2D eigenvalue weighted by Gasteiger charge is -2.29. The van der Waals surface area contributed by atoms with Crippen molar-refractivity contribution in [1.82, 2.24) is 5.32 Å². The second-order valence-electron chi connectivity index (χ2n) is 7.83. The number of alkyl halides is 3. The number of amides is 3. The smallest absolute Gasteiger partial charge is 0.370 e. The van der Waals surface area contributed by atoms with Crippen LogP contribution in [0.5, 0.6) is 0 Å². The second-order valence-corrected chi connectivity index (χ2v) is 7.83. The highest BCUT2D eigenvalue weighted by Crippen LogP contribution is 2.38. The van der Waals surface area contributed by atoms with E-state index in [9.17, 15) is 27.6 Å². The number of anilines is 2. The van der Waals surface area contributed by atoms with Gasteiger partial charge < -0.3 is 26.0 Å². The lowest BCUT2D eigenvalue weighted by Crippen LogP contribution is -2.51. The van der Waals surface area contributed by atoms with E-state index in [0.717, 1.165) is 17.0 Å². The summed E-state index contributed by atoms with van der Waals surface area (Å²) in [6, 6.07) is 2.00. The molecule has 1 aliphatic rings. The summed E-state index contributed by atoms with van der Waals surface area (Å²) in [4.78, 5) is 37.5. The first kappa shape index (κ1) is 23.6. The largest absolute Gasteiger partial charge is 0.418 e. The van der Waals surface area contributed by atoms with Crippen molar-refractivity contribution in [2.45, 2.75) is 33.0 Å². The molecule has 1 atom stereocenters. The molecule has 8 nitrogen and oxygen atoms in total. The Kier molecular flexibility index (Phi) is 7.09. The zero-order chi connectivity index (χ0) is 22.7. The highest BCUT2D eigenvalue weighted by Gasteiger charge is 2.37. The summed E-state index contributed by atoms with van der Waals surface area (Å²) < 4.78 is 45.8. The molecule has 1 heterocycles. The second kappa shape index (κ2) is 9.00. The van der Waals surface area contributed by atoms with Crippen LogP contribution >= 0.6 is 0 Å². The Labute approximate surface area is 171 Å². The molecule has 3 amide bonds. The molecule has 1 fully saturated rings. The molecule has 1 saturated heterocycles. The first-order valence-electron chi connectivity index (χ1n) is 9.26. The predicted molar refractivity (Wildman–Crippen MR) is 104 cm³/mol. The van der Waals surface area contributed by atoms with Crippen LogP contribution in [0.2, 0.25) is 0 Å². The maximum absolute atomic E-state index is 13.6. The molecule has 0 radical (unpaired) electrons. The third kappa shape index (κ3) is 5.70. The Balaban J connectivity index is 2.26.